The fourth-order valence-electron chi connectivity index (χ4n) is 7.47. The van der Waals surface area contributed by atoms with Crippen molar-refractivity contribution in [1.29, 1.82) is 0 Å². The Morgan fingerprint density at radius 2 is 0.983 bits per heavy atom. The third kappa shape index (κ3) is 9.13. The van der Waals surface area contributed by atoms with E-state index in [1.807, 2.05) is 0 Å². The van der Waals surface area contributed by atoms with Gasteiger partial charge in [-0.25, -0.2) is 0 Å². The fraction of sp³-hybridized carbons (Fsp3) is 0.455. The average Bonchev–Trinajstić information content (AvgIpc) is 3.25. The molecule has 59 heavy (non-hydrogen) atoms. The molecule has 6 amide bonds. The summed E-state index contributed by atoms with van der Waals surface area (Å²) in [4.78, 5) is 94.9. The Morgan fingerprint density at radius 3 is 1.54 bits per heavy atom. The van der Waals surface area contributed by atoms with E-state index in [-0.39, 0.29) is 19.3 Å². The van der Waals surface area contributed by atoms with Gasteiger partial charge in [0, 0.05) is 61.5 Å². The highest BCUT2D eigenvalue weighted by Crippen LogP contribution is 2.34. The smallest absolute Gasteiger partial charge is 0.246 e. The van der Waals surface area contributed by atoms with Crippen molar-refractivity contribution in [3.8, 4) is 23.0 Å². The van der Waals surface area contributed by atoms with Crippen molar-refractivity contribution in [1.82, 2.24) is 29.4 Å². The molecule has 6 rings (SSSR count). The highest BCUT2D eigenvalue weighted by atomic mass is 16.5. The third-order valence-corrected chi connectivity index (χ3v) is 12.0. The van der Waals surface area contributed by atoms with Crippen LogP contribution in [0.4, 0.5) is 0 Å². The van der Waals surface area contributed by atoms with Crippen molar-refractivity contribution in [2.24, 2.45) is 0 Å². The molecule has 6 atom stereocenters. The van der Waals surface area contributed by atoms with Crippen LogP contribution in [0.15, 0.2) is 66.7 Å². The molecule has 0 aromatic heterocycles. The van der Waals surface area contributed by atoms with E-state index in [9.17, 15) is 28.8 Å². The monoisotopic (exact) mass is 812 g/mol. The number of fused-ring (bicyclic) bond motifs is 2. The van der Waals surface area contributed by atoms with Crippen LogP contribution in [0.25, 0.3) is 0 Å². The summed E-state index contributed by atoms with van der Waals surface area (Å²) in [5.41, 5.74) is 2.07. The number of ether oxygens (including phenoxy) is 3. The standard InChI is InChI=1S/C44H56N6O9/c1-26-39(51)45(4)27(2)40(52)48(7)34(22-29-12-17-32(57-10)18-13-29)42(54)47(6)28(3)41(53)49(8)35-23-30-14-19-33(20-15-30)59-38-25-31(16-21-37(38)58-11)24-36(43(55)46(26)5)50(9)44(35)56/h12-21,25-28,34-36H,22-24H2,1-11H3/t26-,27+,28+,34+,35+,36+/m1/s1. The lowest BCUT2D eigenvalue weighted by Crippen LogP contribution is -2.62. The predicted molar refractivity (Wildman–Crippen MR) is 220 cm³/mol. The number of benzene rings is 3. The molecule has 3 heterocycles. The first kappa shape index (κ1) is 44.0. The van der Waals surface area contributed by atoms with E-state index in [0.29, 0.717) is 34.1 Å². The zero-order valence-electron chi connectivity index (χ0n) is 35.8. The van der Waals surface area contributed by atoms with Gasteiger partial charge in [0.2, 0.25) is 35.4 Å². The van der Waals surface area contributed by atoms with Crippen molar-refractivity contribution in [2.45, 2.75) is 76.3 Å². The first-order valence-corrected chi connectivity index (χ1v) is 19.6. The molecule has 3 aromatic carbocycles. The summed E-state index contributed by atoms with van der Waals surface area (Å²) in [5, 5.41) is 0. The summed E-state index contributed by atoms with van der Waals surface area (Å²) in [6, 6.07) is 12.9. The number of rotatable bonds is 4. The lowest BCUT2D eigenvalue weighted by molar-refractivity contribution is -0.157. The van der Waals surface area contributed by atoms with E-state index < -0.39 is 71.7 Å². The molecule has 0 unspecified atom stereocenters. The minimum Gasteiger partial charge on any atom is -0.497 e. The Labute approximate surface area is 346 Å². The molecule has 0 aliphatic carbocycles. The summed E-state index contributed by atoms with van der Waals surface area (Å²) in [5.74, 6) is -1.16. The Balaban J connectivity index is 1.65. The van der Waals surface area contributed by atoms with Crippen LogP contribution in [0.1, 0.15) is 37.5 Å². The molecule has 1 saturated heterocycles. The van der Waals surface area contributed by atoms with Gasteiger partial charge in [0.25, 0.3) is 0 Å². The molecule has 3 aliphatic rings. The Hall–Kier alpha value is -6.12. The molecule has 15 nitrogen and oxygen atoms in total. The van der Waals surface area contributed by atoms with Gasteiger partial charge in [0.15, 0.2) is 11.5 Å². The molecular formula is C44H56N6O9. The molecule has 1 fully saturated rings. The lowest BCUT2D eigenvalue weighted by atomic mass is 9.98. The largest absolute Gasteiger partial charge is 0.497 e. The summed E-state index contributed by atoms with van der Waals surface area (Å²) in [6.45, 7) is 4.69. The van der Waals surface area contributed by atoms with Crippen LogP contribution in [0, 0.1) is 0 Å². The second kappa shape index (κ2) is 18.2. The minimum atomic E-state index is -1.14. The number of hydrogen-bond donors (Lipinski definition) is 0. The molecular weight excluding hydrogens is 757 g/mol. The first-order valence-electron chi connectivity index (χ1n) is 19.6. The maximum atomic E-state index is 14.9. The van der Waals surface area contributed by atoms with Gasteiger partial charge in [-0.1, -0.05) is 30.3 Å². The van der Waals surface area contributed by atoms with Crippen molar-refractivity contribution in [3.63, 3.8) is 0 Å². The highest BCUT2D eigenvalue weighted by molar-refractivity contribution is 5.98. The second-order valence-electron chi connectivity index (χ2n) is 15.5. The summed E-state index contributed by atoms with van der Waals surface area (Å²) >= 11 is 0. The SMILES string of the molecule is COc1ccc(C[C@H]2C(=O)N(C)[C@@H](C)C(=O)N(C)[C@H]3Cc4ccc(cc4)Oc4cc(ccc4OC)C[C@@H](C(=O)N(C)[C@H](C)C(=O)N(C)[C@@H](C)C(=O)N2C)N(C)C3=O)cc1. The second-order valence-corrected chi connectivity index (χ2v) is 15.5. The van der Waals surface area contributed by atoms with E-state index in [2.05, 4.69) is 0 Å². The predicted octanol–water partition coefficient (Wildman–Crippen LogP) is 2.87. The topological polar surface area (TPSA) is 150 Å². The molecule has 6 bridgehead atoms. The number of nitrogens with zero attached hydrogens (tertiary/aromatic N) is 6. The van der Waals surface area contributed by atoms with E-state index >= 15 is 0 Å². The van der Waals surface area contributed by atoms with Crippen LogP contribution >= 0.6 is 0 Å². The molecule has 3 aromatic rings. The Kier molecular flexibility index (Phi) is 13.6. The third-order valence-electron chi connectivity index (χ3n) is 12.0. The van der Waals surface area contributed by atoms with E-state index in [1.54, 1.807) is 94.6 Å². The quantitative estimate of drug-likeness (QED) is 0.388. The maximum absolute atomic E-state index is 14.9. The van der Waals surface area contributed by atoms with E-state index in [0.717, 1.165) is 5.56 Å². The molecule has 0 saturated carbocycles. The van der Waals surface area contributed by atoms with Crippen LogP contribution in [-0.4, -0.2) is 158 Å². The molecule has 316 valence electrons. The normalized spacial score (nSPS) is 24.3. The zero-order valence-corrected chi connectivity index (χ0v) is 35.8. The van der Waals surface area contributed by atoms with Crippen LogP contribution < -0.4 is 14.2 Å². The van der Waals surface area contributed by atoms with Gasteiger partial charge in [0.1, 0.15) is 47.8 Å². The molecule has 15 heteroatoms. The van der Waals surface area contributed by atoms with Crippen LogP contribution in [0.3, 0.4) is 0 Å². The van der Waals surface area contributed by atoms with Gasteiger partial charge in [0.05, 0.1) is 14.2 Å². The van der Waals surface area contributed by atoms with Gasteiger partial charge in [-0.05, 0) is 73.9 Å². The van der Waals surface area contributed by atoms with Gasteiger partial charge in [-0.15, -0.1) is 0 Å². The van der Waals surface area contributed by atoms with Crippen molar-refractivity contribution in [2.75, 3.05) is 56.5 Å². The molecule has 0 N–H and O–H groups in total. The minimum absolute atomic E-state index is 0.0212. The molecule has 3 aliphatic heterocycles. The lowest BCUT2D eigenvalue weighted by Gasteiger charge is -2.40. The Bertz CT molecular complexity index is 2060. The van der Waals surface area contributed by atoms with Crippen LogP contribution in [0.5, 0.6) is 23.0 Å². The number of likely N-dealkylation sites (N-methyl/N-ethyl adjacent to an activating group) is 6. The van der Waals surface area contributed by atoms with Crippen LogP contribution in [0.2, 0.25) is 0 Å². The molecule has 0 spiro atoms. The summed E-state index contributed by atoms with van der Waals surface area (Å²) < 4.78 is 17.1. The highest BCUT2D eigenvalue weighted by Gasteiger charge is 2.42. The average molecular weight is 813 g/mol. The van der Waals surface area contributed by atoms with Gasteiger partial charge < -0.3 is 43.6 Å². The fourth-order valence-corrected chi connectivity index (χ4v) is 7.47. The summed E-state index contributed by atoms with van der Waals surface area (Å²) in [7, 11) is 12.0. The van der Waals surface area contributed by atoms with Gasteiger partial charge in [-0.2, -0.15) is 0 Å². The first-order chi connectivity index (χ1) is 27.9. The van der Waals surface area contributed by atoms with Gasteiger partial charge >= 0.3 is 0 Å². The van der Waals surface area contributed by atoms with E-state index in [1.165, 1.54) is 78.8 Å². The van der Waals surface area contributed by atoms with Crippen molar-refractivity contribution in [3.05, 3.63) is 83.4 Å². The van der Waals surface area contributed by atoms with Gasteiger partial charge in [-0.3, -0.25) is 28.8 Å². The Morgan fingerprint density at radius 1 is 0.525 bits per heavy atom. The number of hydrogen-bond acceptors (Lipinski definition) is 9. The number of amides is 6. The maximum Gasteiger partial charge on any atom is 0.246 e. The number of methoxy groups -OCH3 is 2. The number of carbonyl (C=O) groups is 6. The molecule has 0 radical (unpaired) electrons. The van der Waals surface area contributed by atoms with Crippen LogP contribution in [-0.2, 0) is 48.0 Å². The van der Waals surface area contributed by atoms with E-state index in [4.69, 9.17) is 14.2 Å². The zero-order chi connectivity index (χ0) is 43.5. The van der Waals surface area contributed by atoms with Crippen molar-refractivity contribution >= 4 is 35.4 Å². The van der Waals surface area contributed by atoms with Crippen molar-refractivity contribution < 1.29 is 43.0 Å². The number of carbonyl (C=O) groups excluding carboxylic acids is 6. The summed E-state index contributed by atoms with van der Waals surface area (Å²) in [6.07, 6.45) is 0.177.